The summed E-state index contributed by atoms with van der Waals surface area (Å²) in [7, 11) is 4.65. The van der Waals surface area contributed by atoms with Crippen molar-refractivity contribution in [2.75, 3.05) is 31.5 Å². The number of anilines is 2. The number of rotatable bonds is 10. The van der Waals surface area contributed by atoms with Gasteiger partial charge in [-0.05, 0) is 47.7 Å². The molecule has 0 fully saturated rings. The molecule has 0 aliphatic rings. The Balaban J connectivity index is 2.42. The average molecular weight is 538 g/mol. The summed E-state index contributed by atoms with van der Waals surface area (Å²) in [5, 5.41) is 12.0. The highest BCUT2D eigenvalue weighted by Gasteiger charge is 2.23. The lowest BCUT2D eigenvalue weighted by molar-refractivity contribution is -0.111. The molecule has 39 heavy (non-hydrogen) atoms. The van der Waals surface area contributed by atoms with Crippen molar-refractivity contribution in [2.45, 2.75) is 40.0 Å². The Hall–Kier alpha value is -4.35. The second-order valence-corrected chi connectivity index (χ2v) is 9.97. The van der Waals surface area contributed by atoms with Gasteiger partial charge in [-0.1, -0.05) is 33.4 Å². The molecular formula is C28H39N7O4. The van der Waals surface area contributed by atoms with Gasteiger partial charge >= 0.3 is 0 Å². The van der Waals surface area contributed by atoms with Crippen LogP contribution in [-0.2, 0) is 10.2 Å². The summed E-state index contributed by atoms with van der Waals surface area (Å²) in [6.45, 7) is 13.1. The van der Waals surface area contributed by atoms with Crippen LogP contribution in [-0.4, -0.2) is 43.6 Å². The zero-order chi connectivity index (χ0) is 29.7. The van der Waals surface area contributed by atoms with Gasteiger partial charge in [0, 0.05) is 32.8 Å². The fraction of sp³-hybridized carbons (Fsp3) is 0.321. The Morgan fingerprint density at radius 2 is 1.82 bits per heavy atom. The number of hydrogen-bond donors (Lipinski definition) is 5. The molecule has 11 heteroatoms. The summed E-state index contributed by atoms with van der Waals surface area (Å²) in [5.41, 5.74) is 12.0. The van der Waals surface area contributed by atoms with E-state index < -0.39 is 5.78 Å². The van der Waals surface area contributed by atoms with Crippen LogP contribution in [0.25, 0.3) is 0 Å². The molecule has 0 saturated carbocycles. The van der Waals surface area contributed by atoms with Crippen molar-refractivity contribution in [1.82, 2.24) is 10.4 Å². The molecule has 0 bridgehead atoms. The molecule has 0 radical (unpaired) electrons. The standard InChI is InChI=1S/C28H39N7O4/c1-16-10-11-19(12-23(16)35(31)15-21(29)17(2)34(8)26(30)18(3)36)27(37)33-22-13-20(28(4,5)6)14-24(39-32-7)25(22)38-9/h10-15,30,32H,2,29,31H2,1,3-9H3,(H,33,37)/b21-15-,30-26?. The first-order valence-electron chi connectivity index (χ1n) is 12.1. The van der Waals surface area contributed by atoms with Gasteiger partial charge in [0.2, 0.25) is 0 Å². The molecule has 210 valence electrons. The van der Waals surface area contributed by atoms with Gasteiger partial charge in [0.05, 0.1) is 29.9 Å². The molecule has 2 rings (SSSR count). The maximum absolute atomic E-state index is 13.4. The lowest BCUT2D eigenvalue weighted by Gasteiger charge is -2.24. The molecule has 7 N–H and O–H groups in total. The summed E-state index contributed by atoms with van der Waals surface area (Å²) in [6, 6.07) is 8.79. The van der Waals surface area contributed by atoms with E-state index >= 15 is 0 Å². The molecule has 0 aromatic heterocycles. The van der Waals surface area contributed by atoms with Crippen molar-refractivity contribution < 1.29 is 19.2 Å². The third-order valence-corrected chi connectivity index (χ3v) is 6.02. The number of carbonyl (C=O) groups is 2. The number of carbonyl (C=O) groups excluding carboxylic acids is 2. The minimum absolute atomic E-state index is 0.140. The maximum atomic E-state index is 13.4. The van der Waals surface area contributed by atoms with Crippen LogP contribution in [0.1, 0.15) is 49.2 Å². The zero-order valence-corrected chi connectivity index (χ0v) is 23.9. The van der Waals surface area contributed by atoms with E-state index in [1.54, 1.807) is 25.2 Å². The zero-order valence-electron chi connectivity index (χ0n) is 23.9. The number of methoxy groups -OCH3 is 1. The summed E-state index contributed by atoms with van der Waals surface area (Å²) >= 11 is 0. The van der Waals surface area contributed by atoms with E-state index in [4.69, 9.17) is 26.6 Å². The van der Waals surface area contributed by atoms with E-state index in [9.17, 15) is 9.59 Å². The first-order valence-corrected chi connectivity index (χ1v) is 12.1. The smallest absolute Gasteiger partial charge is 0.255 e. The normalized spacial score (nSPS) is 11.5. The summed E-state index contributed by atoms with van der Waals surface area (Å²) in [6.07, 6.45) is 1.41. The highest BCUT2D eigenvalue weighted by Crippen LogP contribution is 2.40. The summed E-state index contributed by atoms with van der Waals surface area (Å²) < 4.78 is 5.55. The molecule has 0 atom stereocenters. The maximum Gasteiger partial charge on any atom is 0.255 e. The van der Waals surface area contributed by atoms with Crippen LogP contribution < -0.4 is 37.0 Å². The summed E-state index contributed by atoms with van der Waals surface area (Å²) in [4.78, 5) is 31.7. The van der Waals surface area contributed by atoms with Gasteiger partial charge in [-0.15, -0.1) is 0 Å². The van der Waals surface area contributed by atoms with Crippen molar-refractivity contribution in [2.24, 2.45) is 11.6 Å². The number of likely N-dealkylation sites (N-methyl/N-ethyl adjacent to an activating group) is 1. The predicted octanol–water partition coefficient (Wildman–Crippen LogP) is 3.56. The van der Waals surface area contributed by atoms with Crippen molar-refractivity contribution in [3.63, 3.8) is 0 Å². The van der Waals surface area contributed by atoms with Gasteiger partial charge in [-0.2, -0.15) is 5.48 Å². The molecule has 0 heterocycles. The lowest BCUT2D eigenvalue weighted by Crippen LogP contribution is -2.34. The van der Waals surface area contributed by atoms with E-state index in [1.807, 2.05) is 19.1 Å². The number of nitrogens with two attached hydrogens (primary N) is 2. The summed E-state index contributed by atoms with van der Waals surface area (Å²) in [5.74, 6) is 6.00. The number of Topliss-reactive ketones (excluding diaryl/α,β-unsaturated/α-hetero) is 1. The van der Waals surface area contributed by atoms with Crippen molar-refractivity contribution in [3.8, 4) is 11.5 Å². The Morgan fingerprint density at radius 1 is 1.18 bits per heavy atom. The highest BCUT2D eigenvalue weighted by atomic mass is 16.7. The van der Waals surface area contributed by atoms with Crippen molar-refractivity contribution in [3.05, 3.63) is 71.2 Å². The third-order valence-electron chi connectivity index (χ3n) is 6.02. The van der Waals surface area contributed by atoms with E-state index in [-0.39, 0.29) is 28.6 Å². The second-order valence-electron chi connectivity index (χ2n) is 9.97. The number of hydroxylamine groups is 1. The van der Waals surface area contributed by atoms with Crippen LogP contribution in [0.4, 0.5) is 11.4 Å². The second kappa shape index (κ2) is 12.5. The number of benzene rings is 2. The molecule has 0 aliphatic carbocycles. The molecule has 11 nitrogen and oxygen atoms in total. The lowest BCUT2D eigenvalue weighted by atomic mass is 9.86. The van der Waals surface area contributed by atoms with Gasteiger partial charge in [0.15, 0.2) is 23.1 Å². The molecule has 1 amide bonds. The van der Waals surface area contributed by atoms with E-state index in [0.717, 1.165) is 11.1 Å². The number of amides is 1. The van der Waals surface area contributed by atoms with E-state index in [2.05, 4.69) is 38.1 Å². The number of ether oxygens (including phenoxy) is 1. The van der Waals surface area contributed by atoms with Crippen LogP contribution >= 0.6 is 0 Å². The van der Waals surface area contributed by atoms with Crippen molar-refractivity contribution in [1.29, 1.82) is 5.41 Å². The monoisotopic (exact) mass is 537 g/mol. The Bertz CT molecular complexity index is 1310. The number of hydrazine groups is 1. The van der Waals surface area contributed by atoms with Gasteiger partial charge in [-0.25, -0.2) is 5.84 Å². The van der Waals surface area contributed by atoms with Crippen LogP contribution in [0.5, 0.6) is 11.5 Å². The Morgan fingerprint density at radius 3 is 2.36 bits per heavy atom. The molecule has 0 unspecified atom stereocenters. The molecule has 2 aromatic rings. The number of aryl methyl sites for hydroxylation is 1. The highest BCUT2D eigenvalue weighted by molar-refractivity contribution is 6.36. The Kier molecular flexibility index (Phi) is 9.87. The fourth-order valence-electron chi connectivity index (χ4n) is 3.61. The minimum Gasteiger partial charge on any atom is -0.491 e. The predicted molar refractivity (Wildman–Crippen MR) is 155 cm³/mol. The molecule has 0 aliphatic heterocycles. The minimum atomic E-state index is -0.431. The average Bonchev–Trinajstić information content (AvgIpc) is 2.86. The molecule has 0 spiro atoms. The molecule has 2 aromatic carbocycles. The van der Waals surface area contributed by atoms with Crippen LogP contribution in [0.3, 0.4) is 0 Å². The van der Waals surface area contributed by atoms with Gasteiger partial charge < -0.3 is 25.5 Å². The van der Waals surface area contributed by atoms with Gasteiger partial charge in [-0.3, -0.25) is 20.0 Å². The van der Waals surface area contributed by atoms with Crippen molar-refractivity contribution >= 4 is 28.9 Å². The topological polar surface area (TPSA) is 159 Å². The van der Waals surface area contributed by atoms with Gasteiger partial charge in [0.1, 0.15) is 0 Å². The first kappa shape index (κ1) is 30.9. The third kappa shape index (κ3) is 7.37. The van der Waals surface area contributed by atoms with E-state index in [1.165, 1.54) is 37.2 Å². The van der Waals surface area contributed by atoms with E-state index in [0.29, 0.717) is 28.4 Å². The fourth-order valence-corrected chi connectivity index (χ4v) is 3.61. The van der Waals surface area contributed by atoms with Crippen LogP contribution in [0, 0.1) is 12.3 Å². The van der Waals surface area contributed by atoms with Crippen LogP contribution in [0.2, 0.25) is 0 Å². The number of hydrogen-bond acceptors (Lipinski definition) is 9. The SMILES string of the molecule is C=C(/C(N)=C/N(N)c1cc(C(=O)Nc2cc(C(C)(C)C)cc(ONC)c2OC)ccc1C)N(C)C(=N)C(C)=O. The number of ketones is 1. The first-order chi connectivity index (χ1) is 18.1. The Labute approximate surface area is 229 Å². The number of amidine groups is 1. The molecular weight excluding hydrogens is 498 g/mol. The van der Waals surface area contributed by atoms with Crippen LogP contribution in [0.15, 0.2) is 54.5 Å². The number of nitrogens with zero attached hydrogens (tertiary/aromatic N) is 2. The molecule has 0 saturated heterocycles. The quantitative estimate of drug-likeness (QED) is 0.100. The number of nitrogens with one attached hydrogen (secondary N) is 3. The largest absolute Gasteiger partial charge is 0.491 e. The van der Waals surface area contributed by atoms with Gasteiger partial charge in [0.25, 0.3) is 5.91 Å².